The van der Waals surface area contributed by atoms with Gasteiger partial charge in [0.15, 0.2) is 5.84 Å². The number of rotatable bonds is 0. The molecule has 0 saturated carbocycles. The molecule has 0 aliphatic carbocycles. The van der Waals surface area contributed by atoms with Gasteiger partial charge < -0.3 is 0 Å². The van der Waals surface area contributed by atoms with Crippen LogP contribution in [0, 0.1) is 0 Å². The molecule has 1 aromatic rings. The van der Waals surface area contributed by atoms with Crippen molar-refractivity contribution < 1.29 is 0 Å². The van der Waals surface area contributed by atoms with Crippen molar-refractivity contribution in [1.82, 2.24) is 0 Å². The van der Waals surface area contributed by atoms with Gasteiger partial charge in [-0.1, -0.05) is 24.3 Å². The minimum atomic E-state index is 0.302. The van der Waals surface area contributed by atoms with Gasteiger partial charge in [0.1, 0.15) is 6.04 Å². The van der Waals surface area contributed by atoms with E-state index in [1.807, 2.05) is 18.3 Å². The predicted molar refractivity (Wildman–Crippen MR) is 44.2 cm³/mol. The third-order valence-corrected chi connectivity index (χ3v) is 2.06. The highest BCUT2D eigenvalue weighted by Gasteiger charge is 2.32. The van der Waals surface area contributed by atoms with Crippen LogP contribution in [-0.2, 0) is 0 Å². The van der Waals surface area contributed by atoms with Gasteiger partial charge in [-0.25, -0.2) is 4.99 Å². The number of nitrogens with zero attached hydrogens (tertiary/aromatic N) is 2. The van der Waals surface area contributed by atoms with Crippen LogP contribution in [0.1, 0.15) is 17.2 Å². The summed E-state index contributed by atoms with van der Waals surface area (Å²) in [7, 11) is 0. The molecular formula is C9H6N2. The third-order valence-electron chi connectivity index (χ3n) is 2.06. The highest BCUT2D eigenvalue weighted by molar-refractivity contribution is 6.10. The second-order valence-electron chi connectivity index (χ2n) is 2.78. The zero-order valence-corrected chi connectivity index (χ0v) is 5.86. The summed E-state index contributed by atoms with van der Waals surface area (Å²) >= 11 is 0. The fourth-order valence-corrected chi connectivity index (χ4v) is 1.42. The molecule has 1 atom stereocenters. The van der Waals surface area contributed by atoms with Crippen molar-refractivity contribution in [3.8, 4) is 0 Å². The highest BCUT2D eigenvalue weighted by Crippen LogP contribution is 2.35. The Labute approximate surface area is 64.3 Å². The van der Waals surface area contributed by atoms with Crippen molar-refractivity contribution >= 4 is 12.1 Å². The summed E-state index contributed by atoms with van der Waals surface area (Å²) in [6.45, 7) is 0. The van der Waals surface area contributed by atoms with Crippen LogP contribution in [0.4, 0.5) is 0 Å². The Morgan fingerprint density at radius 2 is 2.09 bits per heavy atom. The summed E-state index contributed by atoms with van der Waals surface area (Å²) in [6, 6.07) is 8.56. The smallest absolute Gasteiger partial charge is 0.153 e. The molecule has 2 aliphatic rings. The molecule has 0 spiro atoms. The third kappa shape index (κ3) is 0.611. The molecule has 52 valence electrons. The SMILES string of the molecule is C1=NC2=NC2c2ccccc21. The maximum absolute atomic E-state index is 4.21. The number of aliphatic imine (C=N–C) groups is 2. The molecule has 0 bridgehead atoms. The molecule has 2 aliphatic heterocycles. The van der Waals surface area contributed by atoms with Gasteiger partial charge in [0.2, 0.25) is 0 Å². The van der Waals surface area contributed by atoms with Crippen LogP contribution in [0.25, 0.3) is 0 Å². The average molecular weight is 142 g/mol. The summed E-state index contributed by atoms with van der Waals surface area (Å²) in [5.74, 6) is 0.990. The lowest BCUT2D eigenvalue weighted by Crippen LogP contribution is -2.00. The molecule has 1 unspecified atom stereocenters. The lowest BCUT2D eigenvalue weighted by atomic mass is 10.0. The molecule has 11 heavy (non-hydrogen) atoms. The quantitative estimate of drug-likeness (QED) is 0.525. The van der Waals surface area contributed by atoms with Gasteiger partial charge in [-0.3, -0.25) is 4.99 Å². The first kappa shape index (κ1) is 5.24. The van der Waals surface area contributed by atoms with Crippen LogP contribution in [0.3, 0.4) is 0 Å². The summed E-state index contributed by atoms with van der Waals surface area (Å²) in [5.41, 5.74) is 2.51. The van der Waals surface area contributed by atoms with E-state index in [9.17, 15) is 0 Å². The largest absolute Gasteiger partial charge is 0.252 e. The zero-order chi connectivity index (χ0) is 7.26. The van der Waals surface area contributed by atoms with E-state index in [4.69, 9.17) is 0 Å². The summed E-state index contributed by atoms with van der Waals surface area (Å²) in [5, 5.41) is 0. The van der Waals surface area contributed by atoms with Crippen LogP contribution in [0.2, 0.25) is 0 Å². The van der Waals surface area contributed by atoms with Crippen LogP contribution < -0.4 is 0 Å². The van der Waals surface area contributed by atoms with E-state index < -0.39 is 0 Å². The Morgan fingerprint density at radius 3 is 3.09 bits per heavy atom. The van der Waals surface area contributed by atoms with Crippen molar-refractivity contribution in [2.45, 2.75) is 6.04 Å². The van der Waals surface area contributed by atoms with Gasteiger partial charge in [0.05, 0.1) is 0 Å². The van der Waals surface area contributed by atoms with Gasteiger partial charge in [0.25, 0.3) is 0 Å². The van der Waals surface area contributed by atoms with Gasteiger partial charge >= 0.3 is 0 Å². The minimum absolute atomic E-state index is 0.302. The van der Waals surface area contributed by atoms with E-state index in [0.29, 0.717) is 6.04 Å². The van der Waals surface area contributed by atoms with Gasteiger partial charge in [-0.05, 0) is 11.1 Å². The van der Waals surface area contributed by atoms with Crippen molar-refractivity contribution in [3.63, 3.8) is 0 Å². The Kier molecular flexibility index (Phi) is 0.756. The van der Waals surface area contributed by atoms with E-state index in [1.165, 1.54) is 11.1 Å². The fraction of sp³-hybridized carbons (Fsp3) is 0.111. The molecule has 0 N–H and O–H groups in total. The maximum atomic E-state index is 4.21. The molecule has 0 fully saturated rings. The second kappa shape index (κ2) is 1.59. The van der Waals surface area contributed by atoms with E-state index in [1.54, 1.807) is 0 Å². The summed E-state index contributed by atoms with van der Waals surface area (Å²) < 4.78 is 0. The first-order valence-electron chi connectivity index (χ1n) is 3.66. The molecule has 2 nitrogen and oxygen atoms in total. The van der Waals surface area contributed by atoms with Crippen molar-refractivity contribution in [3.05, 3.63) is 35.4 Å². The summed E-state index contributed by atoms with van der Waals surface area (Å²) in [4.78, 5) is 8.38. The number of hydrogen-bond acceptors (Lipinski definition) is 2. The van der Waals surface area contributed by atoms with E-state index in [-0.39, 0.29) is 0 Å². The molecule has 0 aromatic heterocycles. The number of amidine groups is 1. The van der Waals surface area contributed by atoms with Crippen molar-refractivity contribution in [1.29, 1.82) is 0 Å². The molecule has 0 amide bonds. The molecule has 2 heteroatoms. The molecule has 0 radical (unpaired) electrons. The Balaban J connectivity index is 2.26. The molecule has 3 rings (SSSR count). The molecule has 0 saturated heterocycles. The normalized spacial score (nSPS) is 23.6. The Hall–Kier alpha value is -1.44. The van der Waals surface area contributed by atoms with Crippen LogP contribution in [0.15, 0.2) is 34.3 Å². The predicted octanol–water partition coefficient (Wildman–Crippen LogP) is 1.57. The van der Waals surface area contributed by atoms with Crippen LogP contribution in [0.5, 0.6) is 0 Å². The molecule has 1 aromatic carbocycles. The highest BCUT2D eigenvalue weighted by atomic mass is 15.1. The Morgan fingerprint density at radius 1 is 1.18 bits per heavy atom. The topological polar surface area (TPSA) is 24.7 Å². The van der Waals surface area contributed by atoms with Crippen LogP contribution >= 0.6 is 0 Å². The number of hydrogen-bond donors (Lipinski definition) is 0. The minimum Gasteiger partial charge on any atom is -0.252 e. The lowest BCUT2D eigenvalue weighted by molar-refractivity contribution is 1.11. The first-order chi connectivity index (χ1) is 5.45. The van der Waals surface area contributed by atoms with Crippen molar-refractivity contribution in [2.24, 2.45) is 9.98 Å². The molecule has 2 heterocycles. The van der Waals surface area contributed by atoms with E-state index in [2.05, 4.69) is 22.1 Å². The van der Waals surface area contributed by atoms with E-state index in [0.717, 1.165) is 5.84 Å². The van der Waals surface area contributed by atoms with Gasteiger partial charge in [-0.15, -0.1) is 0 Å². The van der Waals surface area contributed by atoms with E-state index >= 15 is 0 Å². The monoisotopic (exact) mass is 142 g/mol. The number of fused-ring (bicyclic) bond motifs is 3. The first-order valence-corrected chi connectivity index (χ1v) is 3.66. The summed E-state index contributed by atoms with van der Waals surface area (Å²) in [6.07, 6.45) is 1.89. The molecular weight excluding hydrogens is 136 g/mol. The van der Waals surface area contributed by atoms with Gasteiger partial charge in [-0.2, -0.15) is 0 Å². The van der Waals surface area contributed by atoms with Crippen molar-refractivity contribution in [2.75, 3.05) is 0 Å². The standard InChI is InChI=1S/C9H6N2/c1-2-4-7-6(3-1)5-10-9-8(7)11-9/h1-5,8H. The van der Waals surface area contributed by atoms with Crippen LogP contribution in [-0.4, -0.2) is 12.1 Å². The Bertz CT molecular complexity index is 377. The second-order valence-corrected chi connectivity index (χ2v) is 2.78. The maximum Gasteiger partial charge on any atom is 0.153 e. The average Bonchev–Trinajstić information content (AvgIpc) is 2.83. The zero-order valence-electron chi connectivity index (χ0n) is 5.86. The lowest BCUT2D eigenvalue weighted by Gasteiger charge is -2.04. The van der Waals surface area contributed by atoms with Gasteiger partial charge in [0, 0.05) is 6.21 Å². The number of benzene rings is 1. The fourth-order valence-electron chi connectivity index (χ4n) is 1.42.